The number of ether oxygens (including phenoxy) is 1. The fourth-order valence-corrected chi connectivity index (χ4v) is 2.87. The highest BCUT2D eigenvalue weighted by atomic mass is 35.5. The van der Waals surface area contributed by atoms with Gasteiger partial charge in [0.1, 0.15) is 5.75 Å². The van der Waals surface area contributed by atoms with E-state index in [2.05, 4.69) is 16.0 Å². The van der Waals surface area contributed by atoms with Gasteiger partial charge in [-0.05, 0) is 66.7 Å². The van der Waals surface area contributed by atoms with Gasteiger partial charge in [-0.1, -0.05) is 17.7 Å². The highest BCUT2D eigenvalue weighted by Crippen LogP contribution is 2.17. The molecule has 0 bridgehead atoms. The zero-order valence-corrected chi connectivity index (χ0v) is 17.4. The minimum atomic E-state index is -0.400. The molecule has 0 spiro atoms. The lowest BCUT2D eigenvalue weighted by Crippen LogP contribution is -2.32. The maximum absolute atomic E-state index is 12.4. The predicted molar refractivity (Wildman–Crippen MR) is 120 cm³/mol. The molecule has 0 saturated heterocycles. The largest absolute Gasteiger partial charge is 0.497 e. The molecule has 0 aliphatic rings. The molecule has 0 aromatic heterocycles. The van der Waals surface area contributed by atoms with Crippen LogP contribution in [0.15, 0.2) is 72.8 Å². The SMILES string of the molecule is COc1ccc(NC(=O)c2ccc(NC(=O)CNC(=O)c3cccc(Cl)c3)cc2)cc1. The minimum absolute atomic E-state index is 0.203. The molecular weight excluding hydrogens is 418 g/mol. The number of halogens is 1. The molecule has 158 valence electrons. The van der Waals surface area contributed by atoms with Gasteiger partial charge in [-0.25, -0.2) is 0 Å². The standard InChI is InChI=1S/C23H20ClN3O4/c1-31-20-11-9-19(10-12-20)27-23(30)15-5-7-18(8-6-15)26-21(28)14-25-22(29)16-3-2-4-17(24)13-16/h2-13H,14H2,1H3,(H,25,29)(H,26,28)(H,27,30). The van der Waals surface area contributed by atoms with E-state index >= 15 is 0 Å². The molecule has 0 unspecified atom stereocenters. The van der Waals surface area contributed by atoms with E-state index in [4.69, 9.17) is 16.3 Å². The first kappa shape index (κ1) is 21.9. The van der Waals surface area contributed by atoms with Crippen molar-refractivity contribution in [1.29, 1.82) is 0 Å². The molecule has 3 aromatic carbocycles. The lowest BCUT2D eigenvalue weighted by Gasteiger charge is -2.09. The Bertz CT molecular complexity index is 1080. The summed E-state index contributed by atoms with van der Waals surface area (Å²) in [5.74, 6) is -0.382. The van der Waals surface area contributed by atoms with Gasteiger partial charge in [-0.3, -0.25) is 14.4 Å². The number of hydrogen-bond acceptors (Lipinski definition) is 4. The number of carbonyl (C=O) groups excluding carboxylic acids is 3. The smallest absolute Gasteiger partial charge is 0.255 e. The molecule has 31 heavy (non-hydrogen) atoms. The topological polar surface area (TPSA) is 96.5 Å². The van der Waals surface area contributed by atoms with E-state index in [0.29, 0.717) is 33.3 Å². The molecule has 0 heterocycles. The van der Waals surface area contributed by atoms with E-state index in [1.165, 1.54) is 6.07 Å². The van der Waals surface area contributed by atoms with Crippen molar-refractivity contribution in [2.24, 2.45) is 0 Å². The van der Waals surface area contributed by atoms with Gasteiger partial charge in [0, 0.05) is 27.5 Å². The second kappa shape index (κ2) is 10.3. The number of carbonyl (C=O) groups is 3. The van der Waals surface area contributed by atoms with Gasteiger partial charge in [-0.2, -0.15) is 0 Å². The van der Waals surface area contributed by atoms with Crippen molar-refractivity contribution in [3.63, 3.8) is 0 Å². The lowest BCUT2D eigenvalue weighted by atomic mass is 10.2. The molecule has 0 aliphatic carbocycles. The van der Waals surface area contributed by atoms with Crippen LogP contribution in [0.2, 0.25) is 5.02 Å². The molecule has 3 N–H and O–H groups in total. The summed E-state index contributed by atoms with van der Waals surface area (Å²) in [4.78, 5) is 36.5. The second-order valence-corrected chi connectivity index (χ2v) is 6.94. The fourth-order valence-electron chi connectivity index (χ4n) is 2.68. The zero-order valence-electron chi connectivity index (χ0n) is 16.6. The van der Waals surface area contributed by atoms with Crippen molar-refractivity contribution < 1.29 is 19.1 Å². The van der Waals surface area contributed by atoms with Crippen molar-refractivity contribution in [3.8, 4) is 5.75 Å². The third-order valence-corrected chi connectivity index (χ3v) is 4.51. The van der Waals surface area contributed by atoms with Crippen LogP contribution in [0.5, 0.6) is 5.75 Å². The molecule has 8 heteroatoms. The Hall–Kier alpha value is -3.84. The number of nitrogens with one attached hydrogen (secondary N) is 3. The summed E-state index contributed by atoms with van der Waals surface area (Å²) in [6.07, 6.45) is 0. The maximum atomic E-state index is 12.4. The van der Waals surface area contributed by atoms with Crippen LogP contribution in [0.1, 0.15) is 20.7 Å². The van der Waals surface area contributed by atoms with E-state index in [1.54, 1.807) is 73.8 Å². The number of anilines is 2. The average Bonchev–Trinajstić information content (AvgIpc) is 2.78. The number of hydrogen-bond donors (Lipinski definition) is 3. The normalized spacial score (nSPS) is 10.1. The van der Waals surface area contributed by atoms with Gasteiger partial charge in [0.25, 0.3) is 11.8 Å². The summed E-state index contributed by atoms with van der Waals surface area (Å²) >= 11 is 5.86. The van der Waals surface area contributed by atoms with Crippen LogP contribution >= 0.6 is 11.6 Å². The van der Waals surface area contributed by atoms with Crippen LogP contribution in [0, 0.1) is 0 Å². The van der Waals surface area contributed by atoms with Crippen LogP contribution in [-0.2, 0) is 4.79 Å². The summed E-state index contributed by atoms with van der Waals surface area (Å²) in [6, 6.07) is 19.8. The summed E-state index contributed by atoms with van der Waals surface area (Å²) in [5.41, 5.74) is 1.94. The Balaban J connectivity index is 1.50. The number of rotatable bonds is 7. The maximum Gasteiger partial charge on any atom is 0.255 e. The molecule has 0 aliphatic heterocycles. The first-order valence-electron chi connectivity index (χ1n) is 9.33. The third-order valence-electron chi connectivity index (χ3n) is 4.28. The van der Waals surface area contributed by atoms with E-state index in [1.807, 2.05) is 0 Å². The molecule has 3 aromatic rings. The van der Waals surface area contributed by atoms with Crippen molar-refractivity contribution in [1.82, 2.24) is 5.32 Å². The molecular formula is C23H20ClN3O4. The van der Waals surface area contributed by atoms with Crippen molar-refractivity contribution in [2.45, 2.75) is 0 Å². The third kappa shape index (κ3) is 6.32. The summed E-state index contributed by atoms with van der Waals surface area (Å²) in [6.45, 7) is -0.203. The molecule has 0 fully saturated rings. The Kier molecular flexibility index (Phi) is 7.24. The van der Waals surface area contributed by atoms with Crippen LogP contribution in [0.25, 0.3) is 0 Å². The first-order chi connectivity index (χ1) is 14.9. The molecule has 3 amide bonds. The molecule has 3 rings (SSSR count). The van der Waals surface area contributed by atoms with Crippen molar-refractivity contribution in [3.05, 3.63) is 88.9 Å². The second-order valence-electron chi connectivity index (χ2n) is 6.50. The van der Waals surface area contributed by atoms with E-state index in [-0.39, 0.29) is 12.5 Å². The van der Waals surface area contributed by atoms with Crippen molar-refractivity contribution >= 4 is 40.7 Å². The summed E-state index contributed by atoms with van der Waals surface area (Å²) in [5, 5.41) is 8.41. The van der Waals surface area contributed by atoms with Crippen molar-refractivity contribution in [2.75, 3.05) is 24.3 Å². The van der Waals surface area contributed by atoms with Crippen LogP contribution in [-0.4, -0.2) is 31.4 Å². The van der Waals surface area contributed by atoms with Gasteiger partial charge >= 0.3 is 0 Å². The van der Waals surface area contributed by atoms with E-state index in [9.17, 15) is 14.4 Å². The zero-order chi connectivity index (χ0) is 22.2. The minimum Gasteiger partial charge on any atom is -0.497 e. The van der Waals surface area contributed by atoms with Gasteiger partial charge in [-0.15, -0.1) is 0 Å². The van der Waals surface area contributed by atoms with Crippen LogP contribution < -0.4 is 20.7 Å². The van der Waals surface area contributed by atoms with Gasteiger partial charge in [0.15, 0.2) is 0 Å². The summed E-state index contributed by atoms with van der Waals surface area (Å²) < 4.78 is 5.09. The Labute approximate surface area is 184 Å². The van der Waals surface area contributed by atoms with Gasteiger partial charge in [0.05, 0.1) is 13.7 Å². The van der Waals surface area contributed by atoms with Gasteiger partial charge < -0.3 is 20.7 Å². The lowest BCUT2D eigenvalue weighted by molar-refractivity contribution is -0.115. The Morgan fingerprint density at radius 3 is 2.10 bits per heavy atom. The molecule has 0 radical (unpaired) electrons. The molecule has 7 nitrogen and oxygen atoms in total. The molecule has 0 saturated carbocycles. The van der Waals surface area contributed by atoms with Gasteiger partial charge in [0.2, 0.25) is 5.91 Å². The quantitative estimate of drug-likeness (QED) is 0.521. The number of methoxy groups -OCH3 is 1. The fraction of sp³-hybridized carbons (Fsp3) is 0.0870. The van der Waals surface area contributed by atoms with Crippen LogP contribution in [0.4, 0.5) is 11.4 Å². The summed E-state index contributed by atoms with van der Waals surface area (Å²) in [7, 11) is 1.57. The monoisotopic (exact) mass is 437 g/mol. The molecule has 0 atom stereocenters. The highest BCUT2D eigenvalue weighted by molar-refractivity contribution is 6.31. The number of amides is 3. The predicted octanol–water partition coefficient (Wildman–Crippen LogP) is 3.97. The Morgan fingerprint density at radius 2 is 1.45 bits per heavy atom. The first-order valence-corrected chi connectivity index (χ1v) is 9.71. The van der Waals surface area contributed by atoms with E-state index in [0.717, 1.165) is 0 Å². The highest BCUT2D eigenvalue weighted by Gasteiger charge is 2.10. The van der Waals surface area contributed by atoms with Crippen LogP contribution in [0.3, 0.4) is 0 Å². The number of benzene rings is 3. The Morgan fingerprint density at radius 1 is 0.806 bits per heavy atom. The van der Waals surface area contributed by atoms with E-state index < -0.39 is 11.8 Å². The average molecular weight is 438 g/mol.